The highest BCUT2D eigenvalue weighted by molar-refractivity contribution is 7.86. The summed E-state index contributed by atoms with van der Waals surface area (Å²) in [4.78, 5) is 12.0. The van der Waals surface area contributed by atoms with E-state index in [1.54, 1.807) is 7.05 Å². The summed E-state index contributed by atoms with van der Waals surface area (Å²) in [5.41, 5.74) is 0. The van der Waals surface area contributed by atoms with E-state index in [2.05, 4.69) is 6.92 Å². The topological polar surface area (TPSA) is 71.4 Å². The van der Waals surface area contributed by atoms with E-state index in [0.717, 1.165) is 19.3 Å². The van der Waals surface area contributed by atoms with Crippen molar-refractivity contribution < 1.29 is 22.2 Å². The molecule has 0 saturated carbocycles. The summed E-state index contributed by atoms with van der Waals surface area (Å²) in [6.45, 7) is 2.44. The number of carbonyl (C=O) groups excluding carboxylic acids is 1. The molecule has 6 heteroatoms. The highest BCUT2D eigenvalue weighted by atomic mass is 32.2. The van der Waals surface area contributed by atoms with Crippen LogP contribution in [0.3, 0.4) is 0 Å². The lowest BCUT2D eigenvalue weighted by atomic mass is 10.1. The molecule has 1 amide bonds. The van der Waals surface area contributed by atoms with E-state index in [4.69, 9.17) is 4.55 Å². The molecule has 0 aromatic carbocycles. The number of unbranched alkanes of at least 4 members (excludes halogenated alkanes) is 9. The standard InChI is InChI=1S/C16H31NO4S/c1-3-4-5-6-7-8-9-10-11-12-13-15(18)17(2)14-16(17)22(19,20)21/h16H,3-14H2,1-2H3/p+1. The zero-order valence-electron chi connectivity index (χ0n) is 14.1. The van der Waals surface area contributed by atoms with Crippen molar-refractivity contribution in [3.63, 3.8) is 0 Å². The minimum atomic E-state index is -4.08. The van der Waals surface area contributed by atoms with Gasteiger partial charge in [0.15, 0.2) is 6.54 Å². The maximum absolute atomic E-state index is 12.0. The number of hydrogen-bond acceptors (Lipinski definition) is 3. The summed E-state index contributed by atoms with van der Waals surface area (Å²) in [5, 5.41) is -0.928. The Morgan fingerprint density at radius 3 is 1.86 bits per heavy atom. The minimum absolute atomic E-state index is 0.0674. The van der Waals surface area contributed by atoms with Crippen LogP contribution in [-0.2, 0) is 14.9 Å². The molecule has 2 atom stereocenters. The van der Waals surface area contributed by atoms with Crippen LogP contribution in [0.4, 0.5) is 0 Å². The maximum Gasteiger partial charge on any atom is 0.325 e. The molecular formula is C16H32NO4S+. The molecule has 0 aromatic heterocycles. The molecule has 0 aromatic rings. The first-order valence-corrected chi connectivity index (χ1v) is 10.2. The van der Waals surface area contributed by atoms with Gasteiger partial charge < -0.3 is 0 Å². The zero-order chi connectivity index (χ0) is 16.6. The van der Waals surface area contributed by atoms with Crippen LogP contribution in [0.25, 0.3) is 0 Å². The second-order valence-electron chi connectivity index (χ2n) is 6.75. The van der Waals surface area contributed by atoms with Crippen LogP contribution in [0, 0.1) is 0 Å². The Balaban J connectivity index is 2.01. The molecule has 0 spiro atoms. The zero-order valence-corrected chi connectivity index (χ0v) is 14.9. The Morgan fingerprint density at radius 1 is 1.00 bits per heavy atom. The van der Waals surface area contributed by atoms with Gasteiger partial charge in [-0.1, -0.05) is 64.7 Å². The predicted octanol–water partition coefficient (Wildman–Crippen LogP) is 3.50. The molecule has 22 heavy (non-hydrogen) atoms. The molecule has 5 nitrogen and oxygen atoms in total. The van der Waals surface area contributed by atoms with Crippen molar-refractivity contribution >= 4 is 16.0 Å². The lowest BCUT2D eigenvalue weighted by molar-refractivity contribution is -0.702. The average molecular weight is 335 g/mol. The van der Waals surface area contributed by atoms with Gasteiger partial charge in [-0.25, -0.2) is 9.28 Å². The third-order valence-electron chi connectivity index (χ3n) is 4.70. The predicted molar refractivity (Wildman–Crippen MR) is 87.9 cm³/mol. The SMILES string of the molecule is CCCCCCCCCCCCC(=O)[N+]1(C)CC1S(=O)(=O)O. The Morgan fingerprint density at radius 2 is 1.45 bits per heavy atom. The summed E-state index contributed by atoms with van der Waals surface area (Å²) in [7, 11) is -2.49. The van der Waals surface area contributed by atoms with Crippen LogP contribution in [0.15, 0.2) is 0 Å². The van der Waals surface area contributed by atoms with E-state index < -0.39 is 15.5 Å². The average Bonchev–Trinajstić information content (AvgIpc) is 3.15. The first-order chi connectivity index (χ1) is 10.3. The monoisotopic (exact) mass is 334 g/mol. The molecule has 1 N–H and O–H groups in total. The molecule has 0 bridgehead atoms. The summed E-state index contributed by atoms with van der Waals surface area (Å²) < 4.78 is 30.9. The van der Waals surface area contributed by atoms with Crippen LogP contribution >= 0.6 is 0 Å². The van der Waals surface area contributed by atoms with Gasteiger partial charge in [-0.05, 0) is 6.42 Å². The van der Waals surface area contributed by atoms with Crippen molar-refractivity contribution in [1.29, 1.82) is 0 Å². The fraction of sp³-hybridized carbons (Fsp3) is 0.938. The van der Waals surface area contributed by atoms with Crippen molar-refractivity contribution in [2.24, 2.45) is 0 Å². The molecule has 1 rings (SSSR count). The van der Waals surface area contributed by atoms with Crippen LogP contribution in [0.1, 0.15) is 77.6 Å². The van der Waals surface area contributed by atoms with Gasteiger partial charge in [0, 0.05) is 0 Å². The maximum atomic E-state index is 12.0. The Kier molecular flexibility index (Phi) is 8.00. The van der Waals surface area contributed by atoms with Gasteiger partial charge in [0.2, 0.25) is 0 Å². The second kappa shape index (κ2) is 8.99. The number of quaternary nitrogens is 1. The second-order valence-corrected chi connectivity index (χ2v) is 8.32. The smallest absolute Gasteiger partial charge is 0.281 e. The number of nitrogens with zero attached hydrogens (tertiary/aromatic N) is 1. The van der Waals surface area contributed by atoms with Gasteiger partial charge >= 0.3 is 16.0 Å². The van der Waals surface area contributed by atoms with Gasteiger partial charge in [-0.2, -0.15) is 8.42 Å². The van der Waals surface area contributed by atoms with E-state index in [9.17, 15) is 13.2 Å². The van der Waals surface area contributed by atoms with Gasteiger partial charge in [-0.3, -0.25) is 4.55 Å². The highest BCUT2D eigenvalue weighted by Crippen LogP contribution is 2.33. The molecule has 1 heterocycles. The molecule has 1 aliphatic heterocycles. The van der Waals surface area contributed by atoms with Crippen LogP contribution < -0.4 is 0 Å². The number of carbonyl (C=O) groups is 1. The van der Waals surface area contributed by atoms with Gasteiger partial charge in [0.25, 0.3) is 5.37 Å². The summed E-state index contributed by atoms with van der Waals surface area (Å²) in [6.07, 6.45) is 12.5. The van der Waals surface area contributed by atoms with Crippen molar-refractivity contribution in [2.75, 3.05) is 13.6 Å². The third-order valence-corrected chi connectivity index (χ3v) is 6.00. The van der Waals surface area contributed by atoms with Crippen LogP contribution in [-0.4, -0.2) is 42.3 Å². The van der Waals surface area contributed by atoms with E-state index >= 15 is 0 Å². The third kappa shape index (κ3) is 6.34. The van der Waals surface area contributed by atoms with Gasteiger partial charge in [0.05, 0.1) is 13.5 Å². The number of likely N-dealkylation sites (N-methyl/N-ethyl adjacent to an activating group) is 1. The highest BCUT2D eigenvalue weighted by Gasteiger charge is 2.64. The van der Waals surface area contributed by atoms with E-state index in [0.29, 0.717) is 6.42 Å². The normalized spacial score (nSPS) is 24.4. The molecule has 0 radical (unpaired) electrons. The molecule has 1 saturated heterocycles. The van der Waals surface area contributed by atoms with Gasteiger partial charge in [0.1, 0.15) is 0 Å². The minimum Gasteiger partial charge on any atom is -0.281 e. The lowest BCUT2D eigenvalue weighted by Gasteiger charge is -2.10. The summed E-state index contributed by atoms with van der Waals surface area (Å²) in [6, 6.07) is 0. The van der Waals surface area contributed by atoms with E-state index in [-0.39, 0.29) is 16.9 Å². The molecule has 1 fully saturated rings. The number of hydrogen-bond donors (Lipinski definition) is 1. The first kappa shape index (κ1) is 19.6. The fourth-order valence-electron chi connectivity index (χ4n) is 2.95. The van der Waals surface area contributed by atoms with E-state index in [1.165, 1.54) is 44.9 Å². The Labute approximate surface area is 135 Å². The largest absolute Gasteiger partial charge is 0.325 e. The first-order valence-electron chi connectivity index (χ1n) is 8.67. The molecule has 2 unspecified atom stereocenters. The van der Waals surface area contributed by atoms with Crippen LogP contribution in [0.5, 0.6) is 0 Å². The Hall–Kier alpha value is -0.460. The van der Waals surface area contributed by atoms with Crippen molar-refractivity contribution in [3.8, 4) is 0 Å². The quantitative estimate of drug-likeness (QED) is 0.257. The van der Waals surface area contributed by atoms with E-state index in [1.807, 2.05) is 0 Å². The van der Waals surface area contributed by atoms with Crippen molar-refractivity contribution in [3.05, 3.63) is 0 Å². The van der Waals surface area contributed by atoms with Crippen molar-refractivity contribution in [1.82, 2.24) is 0 Å². The van der Waals surface area contributed by atoms with Gasteiger partial charge in [-0.15, -0.1) is 0 Å². The number of amides is 1. The summed E-state index contributed by atoms with van der Waals surface area (Å²) in [5.74, 6) is -0.0674. The summed E-state index contributed by atoms with van der Waals surface area (Å²) >= 11 is 0. The Bertz CT molecular complexity index is 449. The van der Waals surface area contributed by atoms with Crippen molar-refractivity contribution in [2.45, 2.75) is 82.9 Å². The molecule has 130 valence electrons. The lowest BCUT2D eigenvalue weighted by Crippen LogP contribution is -2.34. The molecule has 0 aliphatic carbocycles. The fourth-order valence-corrected chi connectivity index (χ4v) is 4.15. The van der Waals surface area contributed by atoms with Crippen LogP contribution in [0.2, 0.25) is 0 Å². The molecule has 1 aliphatic rings. The molecular weight excluding hydrogens is 302 g/mol. The number of rotatable bonds is 12.